The first-order chi connectivity index (χ1) is 9.09. The molecule has 0 spiro atoms. The minimum Gasteiger partial charge on any atom is -0.466 e. The number of hydrogen-bond donors (Lipinski definition) is 0. The van der Waals surface area contributed by atoms with Gasteiger partial charge in [-0.15, -0.1) is 0 Å². The van der Waals surface area contributed by atoms with E-state index in [4.69, 9.17) is 10.00 Å². The number of ether oxygens (including phenoxy) is 1. The van der Waals surface area contributed by atoms with E-state index < -0.39 is 5.41 Å². The van der Waals surface area contributed by atoms with Crippen LogP contribution in [0.25, 0.3) is 0 Å². The van der Waals surface area contributed by atoms with Crippen LogP contribution in [0.2, 0.25) is 0 Å². The molecule has 0 saturated carbocycles. The Morgan fingerprint density at radius 1 is 1.63 bits per heavy atom. The molecular weight excluding hydrogens is 242 g/mol. The van der Waals surface area contributed by atoms with E-state index in [-0.39, 0.29) is 5.97 Å². The van der Waals surface area contributed by atoms with Gasteiger partial charge in [0.05, 0.1) is 17.6 Å². The molecular formula is C14H17N3O2. The van der Waals surface area contributed by atoms with Crippen LogP contribution in [0.5, 0.6) is 0 Å². The van der Waals surface area contributed by atoms with Crippen LogP contribution in [0.4, 0.5) is 5.82 Å². The van der Waals surface area contributed by atoms with Gasteiger partial charge < -0.3 is 9.64 Å². The first kappa shape index (κ1) is 13.3. The van der Waals surface area contributed by atoms with Crippen LogP contribution in [0, 0.1) is 16.7 Å². The van der Waals surface area contributed by atoms with Crippen LogP contribution in [-0.2, 0) is 9.53 Å². The zero-order valence-corrected chi connectivity index (χ0v) is 11.2. The predicted molar refractivity (Wildman–Crippen MR) is 70.5 cm³/mol. The van der Waals surface area contributed by atoms with Crippen molar-refractivity contribution in [3.05, 3.63) is 23.9 Å². The lowest BCUT2D eigenvalue weighted by Crippen LogP contribution is -2.33. The summed E-state index contributed by atoms with van der Waals surface area (Å²) in [5.74, 6) is 0.651. The standard InChI is InChI=1S/C14H17N3O2/c1-3-19-13(18)14(2)6-7-17(10-14)12-5-4-11(8-15)9-16-12/h4-5,9H,3,6-7,10H2,1-2H3. The molecule has 0 aliphatic carbocycles. The molecule has 0 radical (unpaired) electrons. The van der Waals surface area contributed by atoms with Crippen LogP contribution in [0.3, 0.4) is 0 Å². The zero-order chi connectivity index (χ0) is 13.9. The number of hydrogen-bond acceptors (Lipinski definition) is 5. The zero-order valence-electron chi connectivity index (χ0n) is 11.2. The monoisotopic (exact) mass is 259 g/mol. The summed E-state index contributed by atoms with van der Waals surface area (Å²) in [6, 6.07) is 5.59. The van der Waals surface area contributed by atoms with Crippen molar-refractivity contribution in [1.29, 1.82) is 5.26 Å². The number of anilines is 1. The van der Waals surface area contributed by atoms with E-state index in [1.165, 1.54) is 0 Å². The van der Waals surface area contributed by atoms with Crippen molar-refractivity contribution in [1.82, 2.24) is 4.98 Å². The van der Waals surface area contributed by atoms with Gasteiger partial charge in [0.15, 0.2) is 0 Å². The largest absolute Gasteiger partial charge is 0.466 e. The Bertz CT molecular complexity index is 506. The summed E-state index contributed by atoms with van der Waals surface area (Å²) in [4.78, 5) is 18.2. The van der Waals surface area contributed by atoms with Gasteiger partial charge in [-0.1, -0.05) is 0 Å². The number of nitrogens with zero attached hydrogens (tertiary/aromatic N) is 3. The maximum Gasteiger partial charge on any atom is 0.313 e. The number of esters is 1. The Hall–Kier alpha value is -2.09. The fraction of sp³-hybridized carbons (Fsp3) is 0.500. The van der Waals surface area contributed by atoms with Crippen molar-refractivity contribution in [2.75, 3.05) is 24.6 Å². The second-order valence-corrected chi connectivity index (χ2v) is 4.97. The van der Waals surface area contributed by atoms with Gasteiger partial charge in [0.25, 0.3) is 0 Å². The van der Waals surface area contributed by atoms with E-state index in [2.05, 4.69) is 9.88 Å². The SMILES string of the molecule is CCOC(=O)C1(C)CCN(c2ccc(C#N)cn2)C1. The van der Waals surface area contributed by atoms with E-state index in [0.717, 1.165) is 18.8 Å². The highest BCUT2D eigenvalue weighted by molar-refractivity contribution is 5.78. The molecule has 1 atom stereocenters. The summed E-state index contributed by atoms with van der Waals surface area (Å²) in [6.07, 6.45) is 2.31. The van der Waals surface area contributed by atoms with E-state index in [9.17, 15) is 4.79 Å². The molecule has 5 heteroatoms. The minimum absolute atomic E-state index is 0.147. The van der Waals surface area contributed by atoms with E-state index in [1.54, 1.807) is 12.3 Å². The van der Waals surface area contributed by atoms with Crippen molar-refractivity contribution in [3.63, 3.8) is 0 Å². The number of nitriles is 1. The molecule has 0 N–H and O–H groups in total. The highest BCUT2D eigenvalue weighted by Crippen LogP contribution is 2.33. The molecule has 1 aliphatic heterocycles. The third-order valence-electron chi connectivity index (χ3n) is 3.44. The maximum atomic E-state index is 11.9. The molecule has 1 unspecified atom stereocenters. The van der Waals surface area contributed by atoms with Gasteiger partial charge >= 0.3 is 5.97 Å². The van der Waals surface area contributed by atoms with Crippen molar-refractivity contribution in [2.45, 2.75) is 20.3 Å². The van der Waals surface area contributed by atoms with Crippen LogP contribution in [-0.4, -0.2) is 30.6 Å². The number of pyridine rings is 1. The molecule has 2 heterocycles. The fourth-order valence-corrected chi connectivity index (χ4v) is 2.27. The second-order valence-electron chi connectivity index (χ2n) is 4.97. The molecule has 100 valence electrons. The third-order valence-corrected chi connectivity index (χ3v) is 3.44. The van der Waals surface area contributed by atoms with Crippen molar-refractivity contribution >= 4 is 11.8 Å². The summed E-state index contributed by atoms with van der Waals surface area (Å²) in [5, 5.41) is 8.74. The Kier molecular flexibility index (Phi) is 3.70. The van der Waals surface area contributed by atoms with Crippen molar-refractivity contribution in [3.8, 4) is 6.07 Å². The van der Waals surface area contributed by atoms with Gasteiger partial charge in [0.1, 0.15) is 11.9 Å². The summed E-state index contributed by atoms with van der Waals surface area (Å²) >= 11 is 0. The summed E-state index contributed by atoms with van der Waals surface area (Å²) in [5.41, 5.74) is 0.0714. The molecule has 1 aliphatic rings. The van der Waals surface area contributed by atoms with Gasteiger partial charge in [-0.2, -0.15) is 5.26 Å². The highest BCUT2D eigenvalue weighted by Gasteiger charge is 2.42. The lowest BCUT2D eigenvalue weighted by molar-refractivity contribution is -0.153. The number of carbonyl (C=O) groups excluding carboxylic acids is 1. The van der Waals surface area contributed by atoms with Crippen LogP contribution in [0.15, 0.2) is 18.3 Å². The van der Waals surface area contributed by atoms with E-state index in [0.29, 0.717) is 18.7 Å². The lowest BCUT2D eigenvalue weighted by Gasteiger charge is -2.22. The van der Waals surface area contributed by atoms with Crippen molar-refractivity contribution in [2.24, 2.45) is 5.41 Å². The van der Waals surface area contributed by atoms with Crippen LogP contribution < -0.4 is 4.90 Å². The molecule has 2 rings (SSSR count). The number of rotatable bonds is 3. The Morgan fingerprint density at radius 3 is 3.00 bits per heavy atom. The first-order valence-corrected chi connectivity index (χ1v) is 6.37. The minimum atomic E-state index is -0.467. The highest BCUT2D eigenvalue weighted by atomic mass is 16.5. The van der Waals surface area contributed by atoms with Gasteiger partial charge in [0.2, 0.25) is 0 Å². The van der Waals surface area contributed by atoms with Gasteiger partial charge in [-0.05, 0) is 32.4 Å². The number of carbonyl (C=O) groups is 1. The van der Waals surface area contributed by atoms with Gasteiger partial charge in [-0.3, -0.25) is 4.79 Å². The van der Waals surface area contributed by atoms with Crippen molar-refractivity contribution < 1.29 is 9.53 Å². The number of aromatic nitrogens is 1. The second kappa shape index (κ2) is 5.27. The summed E-state index contributed by atoms with van der Waals surface area (Å²) in [7, 11) is 0. The Morgan fingerprint density at radius 2 is 2.42 bits per heavy atom. The molecule has 1 fully saturated rings. The third kappa shape index (κ3) is 2.68. The van der Waals surface area contributed by atoms with Gasteiger partial charge in [-0.25, -0.2) is 4.98 Å². The molecule has 0 amide bonds. The average Bonchev–Trinajstić information content (AvgIpc) is 2.83. The van der Waals surface area contributed by atoms with Crippen LogP contribution in [0.1, 0.15) is 25.8 Å². The van der Waals surface area contributed by atoms with E-state index in [1.807, 2.05) is 26.0 Å². The fourth-order valence-electron chi connectivity index (χ4n) is 2.27. The molecule has 0 aromatic carbocycles. The molecule has 5 nitrogen and oxygen atoms in total. The first-order valence-electron chi connectivity index (χ1n) is 6.37. The van der Waals surface area contributed by atoms with Crippen LogP contribution >= 0.6 is 0 Å². The van der Waals surface area contributed by atoms with Gasteiger partial charge in [0, 0.05) is 19.3 Å². The lowest BCUT2D eigenvalue weighted by atomic mass is 9.90. The molecule has 1 aromatic heterocycles. The maximum absolute atomic E-state index is 11.9. The summed E-state index contributed by atoms with van der Waals surface area (Å²) in [6.45, 7) is 5.52. The Labute approximate surface area is 112 Å². The molecule has 19 heavy (non-hydrogen) atoms. The molecule has 0 bridgehead atoms. The predicted octanol–water partition coefficient (Wildman–Crippen LogP) is 1.73. The average molecular weight is 259 g/mol. The summed E-state index contributed by atoms with van der Waals surface area (Å²) < 4.78 is 5.12. The Balaban J connectivity index is 2.09. The quantitative estimate of drug-likeness (QED) is 0.773. The smallest absolute Gasteiger partial charge is 0.313 e. The normalized spacial score (nSPS) is 22.1. The topological polar surface area (TPSA) is 66.2 Å². The molecule has 1 saturated heterocycles. The molecule has 1 aromatic rings. The van der Waals surface area contributed by atoms with E-state index >= 15 is 0 Å².